The number of amides is 2. The van der Waals surface area contributed by atoms with Crippen molar-refractivity contribution < 1.29 is 9.59 Å². The van der Waals surface area contributed by atoms with E-state index in [0.717, 1.165) is 29.7 Å². The number of carbonyl (C=O) groups is 2. The summed E-state index contributed by atoms with van der Waals surface area (Å²) in [5.74, 6) is -0.852. The fraction of sp³-hybridized carbons (Fsp3) is 0.214. The second-order valence-electron chi connectivity index (χ2n) is 4.71. The highest BCUT2D eigenvalue weighted by Crippen LogP contribution is 2.39. The van der Waals surface area contributed by atoms with Crippen LogP contribution in [0.3, 0.4) is 0 Å². The van der Waals surface area contributed by atoms with Gasteiger partial charge in [-0.2, -0.15) is 0 Å². The topological polar surface area (TPSA) is 85.1 Å². The lowest BCUT2D eigenvalue weighted by Gasteiger charge is -2.06. The van der Waals surface area contributed by atoms with Gasteiger partial charge in [0, 0.05) is 15.5 Å². The van der Waals surface area contributed by atoms with E-state index in [1.165, 1.54) is 11.3 Å². The van der Waals surface area contributed by atoms with Crippen molar-refractivity contribution in [2.24, 2.45) is 5.73 Å². The fourth-order valence-electron chi connectivity index (χ4n) is 2.47. The molecule has 0 unspecified atom stereocenters. The molecule has 0 atom stereocenters. The summed E-state index contributed by atoms with van der Waals surface area (Å²) in [7, 11) is 0. The molecule has 2 amide bonds. The van der Waals surface area contributed by atoms with Crippen molar-refractivity contribution in [3.8, 4) is 0 Å². The zero-order chi connectivity index (χ0) is 15.0. The van der Waals surface area contributed by atoms with Crippen LogP contribution in [0.15, 0.2) is 22.8 Å². The number of carbonyl (C=O) groups excluding carboxylic acids is 2. The van der Waals surface area contributed by atoms with Crippen LogP contribution in [-0.4, -0.2) is 16.8 Å². The zero-order valence-electron chi connectivity index (χ0n) is 11.0. The summed E-state index contributed by atoms with van der Waals surface area (Å²) in [6.07, 6.45) is 4.35. The molecule has 2 aromatic rings. The molecule has 3 N–H and O–H groups in total. The average Bonchev–Trinajstić information content (AvgIpc) is 2.98. The van der Waals surface area contributed by atoms with Crippen molar-refractivity contribution in [2.45, 2.75) is 19.3 Å². The van der Waals surface area contributed by atoms with E-state index in [1.807, 2.05) is 0 Å². The molecular weight excluding hydrogens is 354 g/mol. The molecule has 2 aromatic heterocycles. The molecule has 0 fully saturated rings. The Balaban J connectivity index is 1.94. The third-order valence-corrected chi connectivity index (χ3v) is 5.22. The number of aromatic nitrogens is 1. The van der Waals surface area contributed by atoms with Gasteiger partial charge in [0.1, 0.15) is 10.7 Å². The van der Waals surface area contributed by atoms with Crippen molar-refractivity contribution >= 4 is 44.1 Å². The van der Waals surface area contributed by atoms with Crippen LogP contribution in [0, 0.1) is 0 Å². The number of nitrogens with one attached hydrogen (secondary N) is 1. The molecule has 0 spiro atoms. The van der Waals surface area contributed by atoms with Gasteiger partial charge in [0.15, 0.2) is 0 Å². The first-order valence-electron chi connectivity index (χ1n) is 6.44. The van der Waals surface area contributed by atoms with Gasteiger partial charge in [-0.25, -0.2) is 4.98 Å². The number of pyridine rings is 1. The van der Waals surface area contributed by atoms with Crippen LogP contribution in [0.2, 0.25) is 0 Å². The highest BCUT2D eigenvalue weighted by atomic mass is 79.9. The predicted molar refractivity (Wildman–Crippen MR) is 84.8 cm³/mol. The molecule has 0 aliphatic heterocycles. The van der Waals surface area contributed by atoms with Crippen LogP contribution in [0.4, 0.5) is 5.00 Å². The van der Waals surface area contributed by atoms with Gasteiger partial charge in [-0.3, -0.25) is 9.59 Å². The van der Waals surface area contributed by atoms with Gasteiger partial charge < -0.3 is 11.1 Å². The summed E-state index contributed by atoms with van der Waals surface area (Å²) < 4.78 is 0.604. The first-order valence-corrected chi connectivity index (χ1v) is 8.05. The molecule has 0 saturated carbocycles. The largest absolute Gasteiger partial charge is 0.365 e. The minimum absolute atomic E-state index is 0.279. The molecule has 21 heavy (non-hydrogen) atoms. The molecule has 0 bridgehead atoms. The molecule has 1 aliphatic rings. The minimum atomic E-state index is -0.496. The minimum Gasteiger partial charge on any atom is -0.365 e. The first kappa shape index (κ1) is 14.2. The van der Waals surface area contributed by atoms with E-state index in [-0.39, 0.29) is 11.6 Å². The van der Waals surface area contributed by atoms with E-state index in [9.17, 15) is 9.59 Å². The standard InChI is InChI=1S/C14H12BrN3O2S/c15-8-4-2-6-17-11(8)13(20)18-14-10(12(16)19)7-3-1-5-9(7)21-14/h2,4,6H,1,3,5H2,(H2,16,19)(H,18,20). The summed E-state index contributed by atoms with van der Waals surface area (Å²) in [6.45, 7) is 0. The normalized spacial score (nSPS) is 13.0. The summed E-state index contributed by atoms with van der Waals surface area (Å²) in [6, 6.07) is 3.47. The average molecular weight is 366 g/mol. The lowest BCUT2D eigenvalue weighted by molar-refractivity contribution is 0.100. The maximum absolute atomic E-state index is 12.3. The van der Waals surface area contributed by atoms with Crippen LogP contribution in [0.25, 0.3) is 0 Å². The third kappa shape index (κ3) is 2.58. The number of hydrogen-bond acceptors (Lipinski definition) is 4. The van der Waals surface area contributed by atoms with Crippen molar-refractivity contribution in [3.05, 3.63) is 44.5 Å². The molecule has 0 radical (unpaired) electrons. The summed E-state index contributed by atoms with van der Waals surface area (Å²) in [5, 5.41) is 3.29. The SMILES string of the molecule is NC(=O)c1c(NC(=O)c2ncccc2Br)sc2c1CCC2. The smallest absolute Gasteiger partial charge is 0.276 e. The Kier molecular flexibility index (Phi) is 3.77. The molecule has 1 aliphatic carbocycles. The summed E-state index contributed by atoms with van der Waals surface area (Å²) in [5.41, 5.74) is 7.19. The Morgan fingerprint density at radius 1 is 1.38 bits per heavy atom. The fourth-order valence-corrected chi connectivity index (χ4v) is 4.19. The highest BCUT2D eigenvalue weighted by Gasteiger charge is 2.26. The number of aryl methyl sites for hydroxylation is 1. The quantitative estimate of drug-likeness (QED) is 0.876. The van der Waals surface area contributed by atoms with Crippen LogP contribution in [0.5, 0.6) is 0 Å². The number of hydrogen-bond donors (Lipinski definition) is 2. The van der Waals surface area contributed by atoms with E-state index in [0.29, 0.717) is 15.0 Å². The molecule has 2 heterocycles. The van der Waals surface area contributed by atoms with Crippen molar-refractivity contribution in [1.82, 2.24) is 4.98 Å². The first-order chi connectivity index (χ1) is 10.1. The maximum atomic E-state index is 12.3. The molecular formula is C14H12BrN3O2S. The number of anilines is 1. The Morgan fingerprint density at radius 2 is 2.19 bits per heavy atom. The number of halogens is 1. The van der Waals surface area contributed by atoms with Crippen molar-refractivity contribution in [3.63, 3.8) is 0 Å². The Hall–Kier alpha value is -1.73. The third-order valence-electron chi connectivity index (χ3n) is 3.37. The van der Waals surface area contributed by atoms with E-state index in [4.69, 9.17) is 5.73 Å². The summed E-state index contributed by atoms with van der Waals surface area (Å²) >= 11 is 4.72. The van der Waals surface area contributed by atoms with E-state index < -0.39 is 5.91 Å². The predicted octanol–water partition coefficient (Wildman–Crippen LogP) is 2.75. The van der Waals surface area contributed by atoms with E-state index >= 15 is 0 Å². The molecule has 7 heteroatoms. The van der Waals surface area contributed by atoms with Gasteiger partial charge in [0.2, 0.25) is 0 Å². The van der Waals surface area contributed by atoms with Crippen LogP contribution >= 0.6 is 27.3 Å². The number of nitrogens with two attached hydrogens (primary N) is 1. The molecule has 0 aromatic carbocycles. The maximum Gasteiger partial charge on any atom is 0.276 e. The molecule has 108 valence electrons. The highest BCUT2D eigenvalue weighted by molar-refractivity contribution is 9.10. The number of primary amides is 1. The number of fused-ring (bicyclic) bond motifs is 1. The van der Waals surface area contributed by atoms with Crippen LogP contribution in [-0.2, 0) is 12.8 Å². The molecule has 5 nitrogen and oxygen atoms in total. The second kappa shape index (κ2) is 5.57. The van der Waals surface area contributed by atoms with Gasteiger partial charge in [0.25, 0.3) is 11.8 Å². The van der Waals surface area contributed by atoms with Crippen molar-refractivity contribution in [1.29, 1.82) is 0 Å². The molecule has 0 saturated heterocycles. The van der Waals surface area contributed by atoms with Gasteiger partial charge in [-0.1, -0.05) is 0 Å². The zero-order valence-corrected chi connectivity index (χ0v) is 13.4. The monoisotopic (exact) mass is 365 g/mol. The second-order valence-corrected chi connectivity index (χ2v) is 6.67. The van der Waals surface area contributed by atoms with Gasteiger partial charge in [-0.05, 0) is 52.9 Å². The van der Waals surface area contributed by atoms with E-state index in [2.05, 4.69) is 26.2 Å². The van der Waals surface area contributed by atoms with Gasteiger partial charge in [0.05, 0.1) is 5.56 Å². The molecule has 3 rings (SSSR count). The van der Waals surface area contributed by atoms with Crippen molar-refractivity contribution in [2.75, 3.05) is 5.32 Å². The van der Waals surface area contributed by atoms with Crippen LogP contribution < -0.4 is 11.1 Å². The summed E-state index contributed by atoms with van der Waals surface area (Å²) in [4.78, 5) is 29.1. The van der Waals surface area contributed by atoms with Gasteiger partial charge in [-0.15, -0.1) is 11.3 Å². The lowest BCUT2D eigenvalue weighted by Crippen LogP contribution is -2.18. The van der Waals surface area contributed by atoms with Crippen LogP contribution in [0.1, 0.15) is 37.7 Å². The number of rotatable bonds is 3. The Labute approximate surface area is 133 Å². The number of nitrogens with zero attached hydrogens (tertiary/aromatic N) is 1. The Bertz CT molecular complexity index is 742. The lowest BCUT2D eigenvalue weighted by atomic mass is 10.1. The Morgan fingerprint density at radius 3 is 2.90 bits per heavy atom. The number of thiophene rings is 1. The van der Waals surface area contributed by atoms with Gasteiger partial charge >= 0.3 is 0 Å². The van der Waals surface area contributed by atoms with E-state index in [1.54, 1.807) is 18.3 Å².